The van der Waals surface area contributed by atoms with Crippen LogP contribution in [-0.4, -0.2) is 20.0 Å². The molecule has 0 bridgehead atoms. The van der Waals surface area contributed by atoms with Gasteiger partial charge in [-0.05, 0) is 25.5 Å². The second-order valence-electron chi connectivity index (χ2n) is 2.95. The largest absolute Gasteiger partial charge is 0.494 e. The van der Waals surface area contributed by atoms with Crippen molar-refractivity contribution in [2.75, 3.05) is 11.7 Å². The van der Waals surface area contributed by atoms with Gasteiger partial charge in [-0.15, -0.1) is 0 Å². The molecule has 0 aliphatic rings. The topological polar surface area (TPSA) is 37.2 Å². The molecule has 0 N–H and O–H groups in total. The van der Waals surface area contributed by atoms with Gasteiger partial charge in [0.25, 0.3) is 0 Å². The van der Waals surface area contributed by atoms with Gasteiger partial charge in [0.2, 0.25) is 0 Å². The molecule has 0 saturated carbocycles. The maximum absolute atomic E-state index is 5.39. The molecule has 4 heteroatoms. The van der Waals surface area contributed by atoms with Gasteiger partial charge in [0.05, 0.1) is 12.3 Å². The van der Waals surface area contributed by atoms with Crippen LogP contribution in [0.15, 0.2) is 28.4 Å². The van der Waals surface area contributed by atoms with Crippen molar-refractivity contribution in [1.82, 2.24) is 0 Å². The average Bonchev–Trinajstić information content (AvgIpc) is 2.37. The Morgan fingerprint density at radius 1 is 1.24 bits per heavy atom. The van der Waals surface area contributed by atoms with Crippen molar-refractivity contribution < 1.29 is 4.74 Å². The third kappa shape index (κ3) is 4.26. The van der Waals surface area contributed by atoms with Crippen LogP contribution in [0.4, 0.5) is 5.69 Å². The quantitative estimate of drug-likeness (QED) is 0.579. The molecule has 1 aromatic rings. The molecule has 1 aromatic carbocycles. The maximum Gasteiger partial charge on any atom is 0.121 e. The van der Waals surface area contributed by atoms with Crippen molar-refractivity contribution in [3.8, 4) is 5.75 Å². The number of aryl methyl sites for hydroxylation is 1. The molecule has 17 heavy (non-hydrogen) atoms. The van der Waals surface area contributed by atoms with Crippen LogP contribution in [-0.2, 0) is 0 Å². The second kappa shape index (κ2) is 8.33. The lowest BCUT2D eigenvalue weighted by atomic mass is 10.2. The number of hydrogen-bond acceptors (Lipinski definition) is 4. The Bertz CT molecular complexity index is 356. The molecule has 0 aliphatic heterocycles. The summed E-state index contributed by atoms with van der Waals surface area (Å²) in [5.74, 6) is 0.787. The number of hydrazone groups is 2. The summed E-state index contributed by atoms with van der Waals surface area (Å²) < 4.78 is 5.39. The molecule has 0 aliphatic carbocycles. The second-order valence-corrected chi connectivity index (χ2v) is 2.95. The zero-order valence-electron chi connectivity index (χ0n) is 11.1. The van der Waals surface area contributed by atoms with Gasteiger partial charge in [0.1, 0.15) is 5.75 Å². The van der Waals surface area contributed by atoms with E-state index in [9.17, 15) is 0 Å². The van der Waals surface area contributed by atoms with E-state index in [-0.39, 0.29) is 0 Å². The van der Waals surface area contributed by atoms with E-state index in [1.54, 1.807) is 0 Å². The van der Waals surface area contributed by atoms with E-state index >= 15 is 0 Å². The highest BCUT2D eigenvalue weighted by Gasteiger charge is 2.06. The summed E-state index contributed by atoms with van der Waals surface area (Å²) in [6.45, 7) is 15.4. The first-order valence-corrected chi connectivity index (χ1v) is 5.69. The van der Waals surface area contributed by atoms with Crippen molar-refractivity contribution in [3.05, 3.63) is 23.8 Å². The molecule has 0 spiro atoms. The molecule has 0 saturated heterocycles. The van der Waals surface area contributed by atoms with E-state index < -0.39 is 0 Å². The van der Waals surface area contributed by atoms with E-state index in [1.165, 1.54) is 5.12 Å². The summed E-state index contributed by atoms with van der Waals surface area (Å²) in [6, 6.07) is 5.72. The Kier molecular flexibility index (Phi) is 7.43. The highest BCUT2D eigenvalue weighted by molar-refractivity contribution is 5.57. The van der Waals surface area contributed by atoms with Crippen LogP contribution in [0, 0.1) is 6.92 Å². The number of anilines is 1. The van der Waals surface area contributed by atoms with E-state index in [0.717, 1.165) is 17.0 Å². The molecule has 0 heterocycles. The first-order chi connectivity index (χ1) is 8.22. The lowest BCUT2D eigenvalue weighted by Crippen LogP contribution is -2.07. The number of nitrogens with zero attached hydrogens (tertiary/aromatic N) is 3. The van der Waals surface area contributed by atoms with Crippen LogP contribution >= 0.6 is 0 Å². The average molecular weight is 235 g/mol. The fraction of sp³-hybridized carbons (Fsp3) is 0.385. The molecule has 0 unspecified atom stereocenters. The molecule has 0 aromatic heterocycles. The fourth-order valence-electron chi connectivity index (χ4n) is 1.26. The Balaban J connectivity index is 0.00000121. The van der Waals surface area contributed by atoms with Gasteiger partial charge in [-0.2, -0.15) is 15.3 Å². The summed E-state index contributed by atoms with van der Waals surface area (Å²) in [4.78, 5) is 0. The van der Waals surface area contributed by atoms with E-state index in [1.807, 2.05) is 45.9 Å². The Morgan fingerprint density at radius 3 is 2.29 bits per heavy atom. The third-order valence-electron chi connectivity index (χ3n) is 1.97. The maximum atomic E-state index is 5.39. The van der Waals surface area contributed by atoms with Crippen LogP contribution in [0.1, 0.15) is 26.3 Å². The van der Waals surface area contributed by atoms with Crippen LogP contribution in [0.3, 0.4) is 0 Å². The summed E-state index contributed by atoms with van der Waals surface area (Å²) in [7, 11) is 0. The van der Waals surface area contributed by atoms with E-state index in [2.05, 4.69) is 23.6 Å². The molecule has 94 valence electrons. The van der Waals surface area contributed by atoms with Crippen molar-refractivity contribution >= 4 is 19.1 Å². The number of rotatable bonds is 5. The molecule has 0 radical (unpaired) electrons. The molecular weight excluding hydrogens is 214 g/mol. The SMILES string of the molecule is C=NN(N=C)c1cc(OCC)ccc1C.CC. The minimum Gasteiger partial charge on any atom is -0.494 e. The summed E-state index contributed by atoms with van der Waals surface area (Å²) in [5.41, 5.74) is 1.87. The molecule has 4 nitrogen and oxygen atoms in total. The van der Waals surface area contributed by atoms with Gasteiger partial charge >= 0.3 is 0 Å². The van der Waals surface area contributed by atoms with Crippen molar-refractivity contribution in [2.24, 2.45) is 10.2 Å². The van der Waals surface area contributed by atoms with Crippen molar-refractivity contribution in [3.63, 3.8) is 0 Å². The Morgan fingerprint density at radius 2 is 1.82 bits per heavy atom. The monoisotopic (exact) mass is 235 g/mol. The number of hydrogen-bond donors (Lipinski definition) is 0. The summed E-state index contributed by atoms with van der Waals surface area (Å²) in [6.07, 6.45) is 0. The molecular formula is C13H21N3O. The normalized spacial score (nSPS) is 8.71. The summed E-state index contributed by atoms with van der Waals surface area (Å²) >= 11 is 0. The summed E-state index contributed by atoms with van der Waals surface area (Å²) in [5, 5.41) is 8.85. The predicted octanol–water partition coefficient (Wildman–Crippen LogP) is 3.46. The van der Waals surface area contributed by atoms with Gasteiger partial charge in [-0.3, -0.25) is 0 Å². The van der Waals surface area contributed by atoms with Crippen molar-refractivity contribution in [1.29, 1.82) is 0 Å². The first-order valence-electron chi connectivity index (χ1n) is 5.69. The van der Waals surface area contributed by atoms with Gasteiger partial charge in [-0.1, -0.05) is 19.9 Å². The minimum absolute atomic E-state index is 0.630. The highest BCUT2D eigenvalue weighted by atomic mass is 16.5. The van der Waals surface area contributed by atoms with Gasteiger partial charge in [-0.25, -0.2) is 0 Å². The fourth-order valence-corrected chi connectivity index (χ4v) is 1.26. The smallest absolute Gasteiger partial charge is 0.121 e. The predicted molar refractivity (Wildman–Crippen MR) is 75.3 cm³/mol. The van der Waals surface area contributed by atoms with E-state index in [0.29, 0.717) is 6.61 Å². The van der Waals surface area contributed by atoms with Crippen molar-refractivity contribution in [2.45, 2.75) is 27.7 Å². The lowest BCUT2D eigenvalue weighted by molar-refractivity contribution is 0.340. The Hall–Kier alpha value is -1.84. The first kappa shape index (κ1) is 15.2. The zero-order valence-corrected chi connectivity index (χ0v) is 11.1. The van der Waals surface area contributed by atoms with Crippen LogP contribution in [0.5, 0.6) is 5.75 Å². The van der Waals surface area contributed by atoms with Crippen LogP contribution < -0.4 is 9.85 Å². The molecule has 1 rings (SSSR count). The third-order valence-corrected chi connectivity index (χ3v) is 1.97. The molecule has 0 fully saturated rings. The lowest BCUT2D eigenvalue weighted by Gasteiger charge is -2.15. The van der Waals surface area contributed by atoms with Gasteiger partial charge < -0.3 is 4.74 Å². The zero-order chi connectivity index (χ0) is 13.3. The number of benzene rings is 1. The minimum atomic E-state index is 0.630. The Labute approximate surface area is 104 Å². The van der Waals surface area contributed by atoms with Crippen LogP contribution in [0.25, 0.3) is 0 Å². The highest BCUT2D eigenvalue weighted by Crippen LogP contribution is 2.25. The number of ether oxygens (including phenoxy) is 1. The molecule has 0 amide bonds. The van der Waals surface area contributed by atoms with Gasteiger partial charge in [0, 0.05) is 19.5 Å². The standard InChI is InChI=1S/C11H15N3O.C2H6/c1-5-15-10-7-6-9(2)11(8-10)14(12-3)13-4;1-2/h6-8H,3-5H2,1-2H3;1-2H3. The van der Waals surface area contributed by atoms with Gasteiger partial charge in [0.15, 0.2) is 0 Å². The van der Waals surface area contributed by atoms with E-state index in [4.69, 9.17) is 4.74 Å². The molecule has 0 atom stereocenters. The van der Waals surface area contributed by atoms with Crippen LogP contribution in [0.2, 0.25) is 0 Å².